The minimum atomic E-state index is 1.08. The first-order valence-corrected chi connectivity index (χ1v) is 5.83. The summed E-state index contributed by atoms with van der Waals surface area (Å²) in [5.74, 6) is 0. The van der Waals surface area contributed by atoms with Gasteiger partial charge in [0.1, 0.15) is 0 Å². The number of benzene rings is 1. The molecule has 0 spiro atoms. The van der Waals surface area contributed by atoms with Crippen LogP contribution in [0.15, 0.2) is 30.3 Å². The molecule has 0 bridgehead atoms. The van der Waals surface area contributed by atoms with Crippen molar-refractivity contribution in [2.75, 3.05) is 0 Å². The van der Waals surface area contributed by atoms with Crippen molar-refractivity contribution in [2.24, 2.45) is 7.05 Å². The predicted molar refractivity (Wildman–Crippen MR) is 72.7 cm³/mol. The quantitative estimate of drug-likeness (QED) is 0.765. The van der Waals surface area contributed by atoms with Crippen LogP contribution in [0.1, 0.15) is 29.4 Å². The fraction of sp³-hybridized carbons (Fsp3) is 0.267. The number of hydrogen-bond acceptors (Lipinski definition) is 1. The molecule has 2 nitrogen and oxygen atoms in total. The summed E-state index contributed by atoms with van der Waals surface area (Å²) in [5, 5.41) is 4.43. The van der Waals surface area contributed by atoms with Crippen molar-refractivity contribution in [3.8, 4) is 0 Å². The van der Waals surface area contributed by atoms with Crippen LogP contribution < -0.4 is 0 Å². The third-order valence-corrected chi connectivity index (χ3v) is 3.15. The van der Waals surface area contributed by atoms with Crippen LogP contribution in [0, 0.1) is 13.8 Å². The fourth-order valence-electron chi connectivity index (χ4n) is 2.00. The van der Waals surface area contributed by atoms with Gasteiger partial charge in [0, 0.05) is 18.3 Å². The summed E-state index contributed by atoms with van der Waals surface area (Å²) in [6, 6.07) is 10.4. The van der Waals surface area contributed by atoms with E-state index in [1.165, 1.54) is 22.4 Å². The van der Waals surface area contributed by atoms with Crippen molar-refractivity contribution >= 4 is 11.6 Å². The van der Waals surface area contributed by atoms with Gasteiger partial charge in [-0.2, -0.15) is 5.10 Å². The molecule has 0 amide bonds. The Morgan fingerprint density at radius 2 is 1.82 bits per heavy atom. The lowest BCUT2D eigenvalue weighted by atomic mass is 10.0. The maximum absolute atomic E-state index is 4.43. The van der Waals surface area contributed by atoms with Crippen molar-refractivity contribution in [3.05, 3.63) is 52.8 Å². The molecule has 2 rings (SSSR count). The summed E-state index contributed by atoms with van der Waals surface area (Å²) >= 11 is 0. The Labute approximate surface area is 103 Å². The number of nitrogens with zero attached hydrogens (tertiary/aromatic N) is 2. The maximum atomic E-state index is 4.43. The van der Waals surface area contributed by atoms with Gasteiger partial charge in [-0.15, -0.1) is 0 Å². The van der Waals surface area contributed by atoms with E-state index in [0.717, 1.165) is 5.69 Å². The Balaban J connectivity index is 2.43. The second-order valence-corrected chi connectivity index (χ2v) is 4.40. The van der Waals surface area contributed by atoms with Crippen LogP contribution in [0.4, 0.5) is 0 Å². The molecule has 0 fully saturated rings. The molecular weight excluding hydrogens is 208 g/mol. The third-order valence-electron chi connectivity index (χ3n) is 3.15. The Kier molecular flexibility index (Phi) is 3.14. The van der Waals surface area contributed by atoms with Gasteiger partial charge in [0.2, 0.25) is 0 Å². The van der Waals surface area contributed by atoms with Gasteiger partial charge in [0.25, 0.3) is 0 Å². The van der Waals surface area contributed by atoms with Crippen LogP contribution >= 0.6 is 0 Å². The fourth-order valence-corrected chi connectivity index (χ4v) is 2.00. The second kappa shape index (κ2) is 4.58. The Bertz CT molecular complexity index is 548. The molecule has 88 valence electrons. The van der Waals surface area contributed by atoms with E-state index in [2.05, 4.69) is 56.2 Å². The van der Waals surface area contributed by atoms with E-state index in [-0.39, 0.29) is 0 Å². The first-order valence-electron chi connectivity index (χ1n) is 5.83. The minimum absolute atomic E-state index is 1.08. The Hall–Kier alpha value is -1.83. The zero-order valence-corrected chi connectivity index (χ0v) is 10.9. The number of aryl methyl sites for hydroxylation is 2. The molecule has 0 unspecified atom stereocenters. The van der Waals surface area contributed by atoms with E-state index in [0.29, 0.717) is 0 Å². The van der Waals surface area contributed by atoms with E-state index in [9.17, 15) is 0 Å². The summed E-state index contributed by atoms with van der Waals surface area (Å²) in [6.07, 6.45) is 2.22. The van der Waals surface area contributed by atoms with Crippen LogP contribution in [0.5, 0.6) is 0 Å². The summed E-state index contributed by atoms with van der Waals surface area (Å²) in [7, 11) is 1.98. The van der Waals surface area contributed by atoms with E-state index >= 15 is 0 Å². The molecule has 1 aromatic carbocycles. The van der Waals surface area contributed by atoms with Crippen molar-refractivity contribution in [2.45, 2.75) is 20.8 Å². The Morgan fingerprint density at radius 1 is 1.18 bits per heavy atom. The average Bonchev–Trinajstić information content (AvgIpc) is 2.57. The van der Waals surface area contributed by atoms with Crippen molar-refractivity contribution in [1.29, 1.82) is 0 Å². The van der Waals surface area contributed by atoms with Gasteiger partial charge >= 0.3 is 0 Å². The first kappa shape index (κ1) is 11.6. The normalized spacial score (nSPS) is 11.9. The van der Waals surface area contributed by atoms with Crippen molar-refractivity contribution in [1.82, 2.24) is 9.78 Å². The molecule has 2 aromatic rings. The van der Waals surface area contributed by atoms with Gasteiger partial charge in [0.05, 0.1) is 5.69 Å². The SMILES string of the molecule is C/C(=C\c1c(C)nn(C)c1C)c1ccccc1. The molecule has 0 aliphatic heterocycles. The highest BCUT2D eigenvalue weighted by molar-refractivity contribution is 5.81. The standard InChI is InChI=1S/C15H18N2/c1-11(14-8-6-5-7-9-14)10-15-12(2)16-17(4)13(15)3/h5-10H,1-4H3/b11-10+. The van der Waals surface area contributed by atoms with Crippen LogP contribution in [-0.2, 0) is 7.05 Å². The molecule has 1 heterocycles. The lowest BCUT2D eigenvalue weighted by Crippen LogP contribution is -1.92. The monoisotopic (exact) mass is 226 g/mol. The summed E-state index contributed by atoms with van der Waals surface area (Å²) in [5.41, 5.74) is 6.05. The van der Waals surface area contributed by atoms with Crippen LogP contribution in [0.2, 0.25) is 0 Å². The first-order chi connectivity index (χ1) is 8.09. The van der Waals surface area contributed by atoms with Gasteiger partial charge in [-0.1, -0.05) is 30.3 Å². The van der Waals surface area contributed by atoms with E-state index in [1.54, 1.807) is 0 Å². The summed E-state index contributed by atoms with van der Waals surface area (Å²) in [6.45, 7) is 6.29. The molecule has 0 atom stereocenters. The predicted octanol–water partition coefficient (Wildman–Crippen LogP) is 3.60. The summed E-state index contributed by atoms with van der Waals surface area (Å²) in [4.78, 5) is 0. The molecule has 17 heavy (non-hydrogen) atoms. The lowest BCUT2D eigenvalue weighted by molar-refractivity contribution is 0.731. The molecule has 0 aliphatic rings. The van der Waals surface area contributed by atoms with E-state index in [1.807, 2.05) is 17.8 Å². The van der Waals surface area contributed by atoms with E-state index in [4.69, 9.17) is 0 Å². The van der Waals surface area contributed by atoms with Crippen molar-refractivity contribution < 1.29 is 0 Å². The van der Waals surface area contributed by atoms with Gasteiger partial charge in [0.15, 0.2) is 0 Å². The smallest absolute Gasteiger partial charge is 0.0668 e. The summed E-state index contributed by atoms with van der Waals surface area (Å²) < 4.78 is 1.93. The van der Waals surface area contributed by atoms with Gasteiger partial charge in [-0.25, -0.2) is 0 Å². The molecule has 0 saturated heterocycles. The minimum Gasteiger partial charge on any atom is -0.272 e. The maximum Gasteiger partial charge on any atom is 0.0668 e. The van der Waals surface area contributed by atoms with Crippen LogP contribution in [0.25, 0.3) is 11.6 Å². The number of rotatable bonds is 2. The molecule has 2 heteroatoms. The largest absolute Gasteiger partial charge is 0.272 e. The number of aromatic nitrogens is 2. The molecule has 0 radical (unpaired) electrons. The zero-order chi connectivity index (χ0) is 12.4. The highest BCUT2D eigenvalue weighted by Crippen LogP contribution is 2.21. The number of hydrogen-bond donors (Lipinski definition) is 0. The molecule has 0 N–H and O–H groups in total. The topological polar surface area (TPSA) is 17.8 Å². The number of allylic oxidation sites excluding steroid dienone is 1. The molecule has 0 saturated carbocycles. The highest BCUT2D eigenvalue weighted by Gasteiger charge is 2.07. The van der Waals surface area contributed by atoms with Crippen LogP contribution in [-0.4, -0.2) is 9.78 Å². The van der Waals surface area contributed by atoms with Gasteiger partial charge in [-0.05, 0) is 38.0 Å². The van der Waals surface area contributed by atoms with Gasteiger partial charge in [-0.3, -0.25) is 4.68 Å². The molecule has 0 aliphatic carbocycles. The van der Waals surface area contributed by atoms with Crippen LogP contribution in [0.3, 0.4) is 0 Å². The second-order valence-electron chi connectivity index (χ2n) is 4.40. The van der Waals surface area contributed by atoms with E-state index < -0.39 is 0 Å². The lowest BCUT2D eigenvalue weighted by Gasteiger charge is -2.02. The Morgan fingerprint density at radius 3 is 2.35 bits per heavy atom. The highest BCUT2D eigenvalue weighted by atomic mass is 15.3. The zero-order valence-electron chi connectivity index (χ0n) is 10.9. The van der Waals surface area contributed by atoms with Crippen molar-refractivity contribution in [3.63, 3.8) is 0 Å². The average molecular weight is 226 g/mol. The molecular formula is C15H18N2. The third kappa shape index (κ3) is 2.31. The molecule has 1 aromatic heterocycles. The van der Waals surface area contributed by atoms with Gasteiger partial charge < -0.3 is 0 Å².